The highest BCUT2D eigenvalue weighted by molar-refractivity contribution is 7.86. The van der Waals surface area contributed by atoms with E-state index in [0.29, 0.717) is 24.0 Å². The SMILES string of the molecule is Cc1cc(C(C)CCOc2ccc(OS(C)(=O)=O)cc2)ccc1O. The molecule has 2 rings (SSSR count). The normalized spacial score (nSPS) is 12.6. The fraction of sp³-hybridized carbons (Fsp3) is 0.333. The van der Waals surface area contributed by atoms with E-state index in [1.165, 1.54) is 0 Å². The summed E-state index contributed by atoms with van der Waals surface area (Å²) in [5, 5.41) is 9.57. The van der Waals surface area contributed by atoms with Crippen LogP contribution in [0.5, 0.6) is 17.2 Å². The molecule has 1 unspecified atom stereocenters. The van der Waals surface area contributed by atoms with Gasteiger partial charge in [-0.05, 0) is 60.7 Å². The third kappa shape index (κ3) is 5.45. The van der Waals surface area contributed by atoms with Gasteiger partial charge in [0.2, 0.25) is 0 Å². The first-order valence-electron chi connectivity index (χ1n) is 7.66. The number of ether oxygens (including phenoxy) is 1. The van der Waals surface area contributed by atoms with Gasteiger partial charge in [-0.15, -0.1) is 0 Å². The molecule has 0 aliphatic heterocycles. The number of aryl methyl sites for hydroxylation is 1. The van der Waals surface area contributed by atoms with E-state index in [-0.39, 0.29) is 5.75 Å². The molecule has 2 aromatic carbocycles. The Morgan fingerprint density at radius 1 is 1.08 bits per heavy atom. The molecule has 0 aliphatic rings. The van der Waals surface area contributed by atoms with Crippen molar-refractivity contribution in [1.29, 1.82) is 0 Å². The zero-order valence-corrected chi connectivity index (χ0v) is 14.8. The van der Waals surface area contributed by atoms with E-state index in [4.69, 9.17) is 8.92 Å². The Labute approximate surface area is 143 Å². The molecule has 130 valence electrons. The maximum Gasteiger partial charge on any atom is 0.306 e. The Balaban J connectivity index is 1.86. The minimum atomic E-state index is -3.51. The van der Waals surface area contributed by atoms with E-state index < -0.39 is 10.1 Å². The van der Waals surface area contributed by atoms with Gasteiger partial charge < -0.3 is 14.0 Å². The lowest BCUT2D eigenvalue weighted by Gasteiger charge is -2.14. The Morgan fingerprint density at radius 3 is 2.29 bits per heavy atom. The standard InChI is InChI=1S/C18H22O5S/c1-13(15-4-9-18(19)14(2)12-15)10-11-22-16-5-7-17(8-6-16)23-24(3,20)21/h4-9,12-13,19H,10-11H2,1-3H3. The van der Waals surface area contributed by atoms with Crippen LogP contribution in [-0.2, 0) is 10.1 Å². The van der Waals surface area contributed by atoms with Gasteiger partial charge in [0.25, 0.3) is 0 Å². The van der Waals surface area contributed by atoms with Gasteiger partial charge in [0.15, 0.2) is 0 Å². The van der Waals surface area contributed by atoms with Crippen molar-refractivity contribution in [1.82, 2.24) is 0 Å². The molecule has 0 amide bonds. The van der Waals surface area contributed by atoms with Gasteiger partial charge in [0, 0.05) is 0 Å². The predicted octanol–water partition coefficient (Wildman–Crippen LogP) is 3.61. The molecule has 24 heavy (non-hydrogen) atoms. The van der Waals surface area contributed by atoms with Gasteiger partial charge in [-0.2, -0.15) is 8.42 Å². The Kier molecular flexibility index (Phi) is 5.72. The van der Waals surface area contributed by atoms with Crippen molar-refractivity contribution in [2.45, 2.75) is 26.2 Å². The molecule has 0 saturated heterocycles. The largest absolute Gasteiger partial charge is 0.508 e. The monoisotopic (exact) mass is 350 g/mol. The summed E-state index contributed by atoms with van der Waals surface area (Å²) in [6.45, 7) is 4.52. The fourth-order valence-corrected chi connectivity index (χ4v) is 2.73. The van der Waals surface area contributed by atoms with Crippen molar-refractivity contribution in [3.05, 3.63) is 53.6 Å². The van der Waals surface area contributed by atoms with Crippen LogP contribution in [-0.4, -0.2) is 26.4 Å². The second-order valence-corrected chi connectivity index (χ2v) is 7.42. The summed E-state index contributed by atoms with van der Waals surface area (Å²) in [4.78, 5) is 0. The minimum Gasteiger partial charge on any atom is -0.508 e. The molecule has 0 radical (unpaired) electrons. The summed E-state index contributed by atoms with van der Waals surface area (Å²) in [5.41, 5.74) is 2.02. The molecule has 0 spiro atoms. The molecule has 5 nitrogen and oxygen atoms in total. The Hall–Kier alpha value is -2.21. The number of rotatable bonds is 7. The summed E-state index contributed by atoms with van der Waals surface area (Å²) >= 11 is 0. The maximum atomic E-state index is 11.0. The highest BCUT2D eigenvalue weighted by atomic mass is 32.2. The van der Waals surface area contributed by atoms with Crippen LogP contribution < -0.4 is 8.92 Å². The van der Waals surface area contributed by atoms with E-state index in [1.807, 2.05) is 19.1 Å². The van der Waals surface area contributed by atoms with Gasteiger partial charge in [-0.25, -0.2) is 0 Å². The van der Waals surface area contributed by atoms with Crippen molar-refractivity contribution in [2.75, 3.05) is 12.9 Å². The van der Waals surface area contributed by atoms with Crippen molar-refractivity contribution >= 4 is 10.1 Å². The Morgan fingerprint density at radius 2 is 1.71 bits per heavy atom. The van der Waals surface area contributed by atoms with E-state index in [0.717, 1.165) is 23.8 Å². The molecular weight excluding hydrogens is 328 g/mol. The van der Waals surface area contributed by atoms with Crippen molar-refractivity contribution in [3.8, 4) is 17.2 Å². The summed E-state index contributed by atoms with van der Waals surface area (Å²) in [7, 11) is -3.51. The molecule has 0 saturated carbocycles. The summed E-state index contributed by atoms with van der Waals surface area (Å²) < 4.78 is 32.5. The summed E-state index contributed by atoms with van der Waals surface area (Å²) in [6.07, 6.45) is 1.83. The van der Waals surface area contributed by atoms with Gasteiger partial charge in [0.1, 0.15) is 17.2 Å². The van der Waals surface area contributed by atoms with Crippen LogP contribution in [0.4, 0.5) is 0 Å². The first-order chi connectivity index (χ1) is 11.2. The molecule has 0 heterocycles. The topological polar surface area (TPSA) is 72.8 Å². The molecular formula is C18H22O5S. The average Bonchev–Trinajstić information content (AvgIpc) is 2.50. The van der Waals surface area contributed by atoms with Gasteiger partial charge in [0.05, 0.1) is 12.9 Å². The van der Waals surface area contributed by atoms with Gasteiger partial charge >= 0.3 is 10.1 Å². The predicted molar refractivity (Wildman–Crippen MR) is 93.3 cm³/mol. The zero-order chi connectivity index (χ0) is 17.7. The van der Waals surface area contributed by atoms with Crippen LogP contribution in [0.15, 0.2) is 42.5 Å². The first kappa shape index (κ1) is 18.1. The van der Waals surface area contributed by atoms with Crippen LogP contribution in [0.1, 0.15) is 30.4 Å². The molecule has 0 bridgehead atoms. The van der Waals surface area contributed by atoms with Crippen molar-refractivity contribution < 1.29 is 22.4 Å². The van der Waals surface area contributed by atoms with E-state index in [1.54, 1.807) is 30.3 Å². The zero-order valence-electron chi connectivity index (χ0n) is 14.0. The third-order valence-corrected chi connectivity index (χ3v) is 4.18. The second-order valence-electron chi connectivity index (χ2n) is 5.84. The number of hydrogen-bond acceptors (Lipinski definition) is 5. The van der Waals surface area contributed by atoms with Crippen LogP contribution in [0, 0.1) is 6.92 Å². The fourth-order valence-electron chi connectivity index (χ4n) is 2.27. The third-order valence-electron chi connectivity index (χ3n) is 3.68. The molecule has 6 heteroatoms. The lowest BCUT2D eigenvalue weighted by atomic mass is 9.96. The number of phenolic OH excluding ortho intramolecular Hbond substituents is 1. The molecule has 1 N–H and O–H groups in total. The lowest BCUT2D eigenvalue weighted by molar-refractivity contribution is 0.300. The highest BCUT2D eigenvalue weighted by Gasteiger charge is 2.08. The molecule has 2 aromatic rings. The molecule has 0 fully saturated rings. The lowest BCUT2D eigenvalue weighted by Crippen LogP contribution is -2.06. The van der Waals surface area contributed by atoms with Gasteiger partial charge in [-0.1, -0.05) is 19.1 Å². The van der Waals surface area contributed by atoms with E-state index in [2.05, 4.69) is 6.92 Å². The maximum absolute atomic E-state index is 11.0. The quantitative estimate of drug-likeness (QED) is 0.772. The van der Waals surface area contributed by atoms with Crippen LogP contribution in [0.25, 0.3) is 0 Å². The number of hydrogen-bond donors (Lipinski definition) is 1. The second kappa shape index (κ2) is 7.57. The first-order valence-corrected chi connectivity index (χ1v) is 9.48. The Bertz CT molecular complexity index is 782. The number of benzene rings is 2. The van der Waals surface area contributed by atoms with Crippen molar-refractivity contribution in [3.63, 3.8) is 0 Å². The smallest absolute Gasteiger partial charge is 0.306 e. The van der Waals surface area contributed by atoms with Crippen LogP contribution in [0.3, 0.4) is 0 Å². The number of aromatic hydroxyl groups is 1. The molecule has 0 aliphatic carbocycles. The highest BCUT2D eigenvalue weighted by Crippen LogP contribution is 2.25. The van der Waals surface area contributed by atoms with E-state index >= 15 is 0 Å². The van der Waals surface area contributed by atoms with Crippen molar-refractivity contribution in [2.24, 2.45) is 0 Å². The summed E-state index contributed by atoms with van der Waals surface area (Å²) in [6, 6.07) is 12.1. The number of phenols is 1. The summed E-state index contributed by atoms with van der Waals surface area (Å²) in [5.74, 6) is 1.53. The van der Waals surface area contributed by atoms with Crippen LogP contribution >= 0.6 is 0 Å². The van der Waals surface area contributed by atoms with E-state index in [9.17, 15) is 13.5 Å². The molecule has 1 atom stereocenters. The minimum absolute atomic E-state index is 0.262. The van der Waals surface area contributed by atoms with Gasteiger partial charge in [-0.3, -0.25) is 0 Å². The van der Waals surface area contributed by atoms with Crippen LogP contribution in [0.2, 0.25) is 0 Å². The average molecular weight is 350 g/mol. The molecule has 0 aromatic heterocycles.